The van der Waals surface area contributed by atoms with E-state index in [9.17, 15) is 4.79 Å². The van der Waals surface area contributed by atoms with Crippen LogP contribution >= 0.6 is 11.3 Å². The number of nitrogens with zero attached hydrogens (tertiary/aromatic N) is 1. The van der Waals surface area contributed by atoms with Crippen LogP contribution in [0.2, 0.25) is 0 Å². The minimum Gasteiger partial charge on any atom is -0.384 e. The Kier molecular flexibility index (Phi) is 3.74. The molecule has 1 atom stereocenters. The van der Waals surface area contributed by atoms with Gasteiger partial charge in [-0.05, 0) is 29.5 Å². The van der Waals surface area contributed by atoms with Gasteiger partial charge in [-0.1, -0.05) is 24.3 Å². The minimum absolute atomic E-state index is 0.0421. The van der Waals surface area contributed by atoms with Gasteiger partial charge in [0.2, 0.25) is 5.91 Å². The predicted octanol–water partition coefficient (Wildman–Crippen LogP) is 2.96. The fraction of sp³-hybridized carbons (Fsp3) is 0.312. The fourth-order valence-corrected chi connectivity index (χ4v) is 3.31. The van der Waals surface area contributed by atoms with Crippen LogP contribution in [-0.2, 0) is 11.2 Å². The van der Waals surface area contributed by atoms with Crippen LogP contribution in [-0.4, -0.2) is 30.9 Å². The lowest BCUT2D eigenvalue weighted by Gasteiger charge is -2.20. The molecule has 0 radical (unpaired) electrons. The van der Waals surface area contributed by atoms with Crippen molar-refractivity contribution < 1.29 is 4.79 Å². The standard InChI is InChI=1S/C16H18N2OS/c1-18(9-8-12-5-4-10-20-12)16(19)14-11-17-15-7-3-2-6-13(14)15/h2-7,10,14,17H,8-9,11H2,1H3. The summed E-state index contributed by atoms with van der Waals surface area (Å²) in [5.41, 5.74) is 2.22. The van der Waals surface area contributed by atoms with Crippen molar-refractivity contribution in [3.63, 3.8) is 0 Å². The average Bonchev–Trinajstić information content (AvgIpc) is 3.13. The van der Waals surface area contributed by atoms with Crippen molar-refractivity contribution in [2.75, 3.05) is 25.5 Å². The first-order valence-electron chi connectivity index (χ1n) is 6.86. The molecule has 0 aliphatic carbocycles. The summed E-state index contributed by atoms with van der Waals surface area (Å²) in [6, 6.07) is 12.3. The summed E-state index contributed by atoms with van der Waals surface area (Å²) in [4.78, 5) is 15.7. The maximum absolute atomic E-state index is 12.6. The molecule has 1 aromatic carbocycles. The highest BCUT2D eigenvalue weighted by atomic mass is 32.1. The van der Waals surface area contributed by atoms with E-state index in [4.69, 9.17) is 0 Å². The van der Waals surface area contributed by atoms with Gasteiger partial charge in [-0.25, -0.2) is 0 Å². The molecule has 1 unspecified atom stereocenters. The number of hydrogen-bond acceptors (Lipinski definition) is 3. The minimum atomic E-state index is -0.0421. The number of carbonyl (C=O) groups excluding carboxylic acids is 1. The van der Waals surface area contributed by atoms with Gasteiger partial charge in [-0.2, -0.15) is 0 Å². The van der Waals surface area contributed by atoms with Gasteiger partial charge in [-0.15, -0.1) is 11.3 Å². The second kappa shape index (κ2) is 5.67. The predicted molar refractivity (Wildman–Crippen MR) is 83.3 cm³/mol. The Hall–Kier alpha value is -1.81. The molecule has 1 amide bonds. The Morgan fingerprint density at radius 3 is 3.00 bits per heavy atom. The molecule has 0 saturated heterocycles. The number of likely N-dealkylation sites (N-methyl/N-ethyl adjacent to an activating group) is 1. The van der Waals surface area contributed by atoms with Crippen molar-refractivity contribution in [3.8, 4) is 0 Å². The Morgan fingerprint density at radius 2 is 2.20 bits per heavy atom. The van der Waals surface area contributed by atoms with Gasteiger partial charge in [0.25, 0.3) is 0 Å². The summed E-state index contributed by atoms with van der Waals surface area (Å²) in [7, 11) is 1.90. The monoisotopic (exact) mass is 286 g/mol. The molecule has 0 spiro atoms. The third kappa shape index (κ3) is 2.56. The molecule has 1 aromatic heterocycles. The van der Waals surface area contributed by atoms with Crippen LogP contribution in [0.15, 0.2) is 41.8 Å². The number of rotatable bonds is 4. The highest BCUT2D eigenvalue weighted by Gasteiger charge is 2.29. The quantitative estimate of drug-likeness (QED) is 0.937. The van der Waals surface area contributed by atoms with Gasteiger partial charge in [0, 0.05) is 30.7 Å². The number of thiophene rings is 1. The summed E-state index contributed by atoms with van der Waals surface area (Å²) in [5, 5.41) is 5.39. The maximum Gasteiger partial charge on any atom is 0.231 e. The Bertz CT molecular complexity index is 594. The van der Waals surface area contributed by atoms with E-state index in [1.54, 1.807) is 11.3 Å². The van der Waals surface area contributed by atoms with Crippen molar-refractivity contribution in [3.05, 3.63) is 52.2 Å². The molecule has 2 aromatic rings. The molecule has 20 heavy (non-hydrogen) atoms. The Morgan fingerprint density at radius 1 is 1.35 bits per heavy atom. The van der Waals surface area contributed by atoms with Crippen molar-refractivity contribution in [2.24, 2.45) is 0 Å². The second-order valence-corrected chi connectivity index (χ2v) is 6.14. The number of carbonyl (C=O) groups is 1. The first-order valence-corrected chi connectivity index (χ1v) is 7.74. The molecule has 4 heteroatoms. The highest BCUT2D eigenvalue weighted by Crippen LogP contribution is 2.32. The van der Waals surface area contributed by atoms with E-state index < -0.39 is 0 Å². The fourth-order valence-electron chi connectivity index (χ4n) is 2.61. The molecule has 104 valence electrons. The number of anilines is 1. The largest absolute Gasteiger partial charge is 0.384 e. The first kappa shape index (κ1) is 13.2. The van der Waals surface area contributed by atoms with Gasteiger partial charge >= 0.3 is 0 Å². The lowest BCUT2D eigenvalue weighted by atomic mass is 10.00. The Labute approximate surface area is 123 Å². The average molecular weight is 286 g/mol. The van der Waals surface area contributed by atoms with E-state index in [1.807, 2.05) is 36.2 Å². The number of benzene rings is 1. The lowest BCUT2D eigenvalue weighted by molar-refractivity contribution is -0.131. The summed E-state index contributed by atoms with van der Waals surface area (Å²) in [6.07, 6.45) is 0.932. The summed E-state index contributed by atoms with van der Waals surface area (Å²) < 4.78 is 0. The number of para-hydroxylation sites is 1. The number of amides is 1. The third-order valence-electron chi connectivity index (χ3n) is 3.78. The van der Waals surface area contributed by atoms with E-state index in [2.05, 4.69) is 22.8 Å². The van der Waals surface area contributed by atoms with E-state index in [1.165, 1.54) is 4.88 Å². The SMILES string of the molecule is CN(CCc1cccs1)C(=O)C1CNc2ccccc21. The van der Waals surface area contributed by atoms with Crippen LogP contribution in [0.1, 0.15) is 16.4 Å². The van der Waals surface area contributed by atoms with E-state index in [0.717, 1.165) is 24.2 Å². The molecule has 1 N–H and O–H groups in total. The van der Waals surface area contributed by atoms with E-state index in [-0.39, 0.29) is 11.8 Å². The van der Waals surface area contributed by atoms with Crippen LogP contribution in [0.25, 0.3) is 0 Å². The van der Waals surface area contributed by atoms with Gasteiger partial charge in [-0.3, -0.25) is 4.79 Å². The van der Waals surface area contributed by atoms with Gasteiger partial charge in [0.05, 0.1) is 5.92 Å². The molecular formula is C16H18N2OS. The summed E-state index contributed by atoms with van der Waals surface area (Å²) in [5.74, 6) is 0.165. The molecule has 1 aliphatic rings. The lowest BCUT2D eigenvalue weighted by Crippen LogP contribution is -2.34. The second-order valence-electron chi connectivity index (χ2n) is 5.11. The van der Waals surface area contributed by atoms with Crippen LogP contribution < -0.4 is 5.32 Å². The van der Waals surface area contributed by atoms with Gasteiger partial charge in [0.1, 0.15) is 0 Å². The van der Waals surface area contributed by atoms with Crippen LogP contribution in [0, 0.1) is 0 Å². The van der Waals surface area contributed by atoms with E-state index >= 15 is 0 Å². The van der Waals surface area contributed by atoms with Crippen molar-refractivity contribution in [1.82, 2.24) is 4.90 Å². The van der Waals surface area contributed by atoms with E-state index in [0.29, 0.717) is 6.54 Å². The third-order valence-corrected chi connectivity index (χ3v) is 4.72. The molecule has 1 aliphatic heterocycles. The van der Waals surface area contributed by atoms with Crippen molar-refractivity contribution in [2.45, 2.75) is 12.3 Å². The molecule has 3 nitrogen and oxygen atoms in total. The summed E-state index contributed by atoms with van der Waals surface area (Å²) >= 11 is 1.75. The molecule has 2 heterocycles. The van der Waals surface area contributed by atoms with Crippen molar-refractivity contribution >= 4 is 22.9 Å². The van der Waals surface area contributed by atoms with Gasteiger partial charge < -0.3 is 10.2 Å². The molecule has 3 rings (SSSR count). The smallest absolute Gasteiger partial charge is 0.231 e. The maximum atomic E-state index is 12.6. The first-order chi connectivity index (χ1) is 9.75. The number of nitrogens with one attached hydrogen (secondary N) is 1. The number of fused-ring (bicyclic) bond motifs is 1. The molecule has 0 saturated carbocycles. The topological polar surface area (TPSA) is 32.3 Å². The Balaban J connectivity index is 1.64. The normalized spacial score (nSPS) is 16.6. The van der Waals surface area contributed by atoms with Gasteiger partial charge in [0.15, 0.2) is 0 Å². The zero-order valence-corrected chi connectivity index (χ0v) is 12.3. The highest BCUT2D eigenvalue weighted by molar-refractivity contribution is 7.09. The zero-order valence-electron chi connectivity index (χ0n) is 11.5. The van der Waals surface area contributed by atoms with Crippen LogP contribution in [0.4, 0.5) is 5.69 Å². The number of hydrogen-bond donors (Lipinski definition) is 1. The zero-order chi connectivity index (χ0) is 13.9. The molecule has 0 fully saturated rings. The van der Waals surface area contributed by atoms with Crippen molar-refractivity contribution in [1.29, 1.82) is 0 Å². The van der Waals surface area contributed by atoms with Crippen LogP contribution in [0.3, 0.4) is 0 Å². The van der Waals surface area contributed by atoms with Crippen LogP contribution in [0.5, 0.6) is 0 Å². The summed E-state index contributed by atoms with van der Waals surface area (Å²) in [6.45, 7) is 1.49. The molecule has 0 bridgehead atoms. The molecular weight excluding hydrogens is 268 g/mol.